The molecule has 1 aliphatic rings. The molecule has 1 aliphatic heterocycles. The number of nitrogens with zero attached hydrogens (tertiary/aromatic N) is 2. The first-order chi connectivity index (χ1) is 7.25. The van der Waals surface area contributed by atoms with Crippen molar-refractivity contribution >= 4 is 22.4 Å². The molecule has 0 radical (unpaired) electrons. The van der Waals surface area contributed by atoms with Gasteiger partial charge in [-0.25, -0.2) is 0 Å². The first kappa shape index (κ1) is 10.5. The smallest absolute Gasteiger partial charge is 0.229 e. The summed E-state index contributed by atoms with van der Waals surface area (Å²) in [5.74, 6) is 0.172. The number of piperidine rings is 1. The minimum Gasteiger partial charge on any atom is -0.314 e. The van der Waals surface area contributed by atoms with Crippen LogP contribution in [0, 0.1) is 5.92 Å². The van der Waals surface area contributed by atoms with Gasteiger partial charge in [-0.1, -0.05) is 11.3 Å². The van der Waals surface area contributed by atoms with Crippen molar-refractivity contribution in [3.8, 4) is 0 Å². The second-order valence-electron chi connectivity index (χ2n) is 3.81. The summed E-state index contributed by atoms with van der Waals surface area (Å²) in [6.07, 6.45) is 1.79. The van der Waals surface area contributed by atoms with Crippen LogP contribution in [0.25, 0.3) is 0 Å². The largest absolute Gasteiger partial charge is 0.314 e. The minimum absolute atomic E-state index is 0.0695. The molecule has 82 valence electrons. The molecule has 0 aromatic carbocycles. The lowest BCUT2D eigenvalue weighted by atomic mass is 9.93. The van der Waals surface area contributed by atoms with E-state index in [2.05, 4.69) is 27.8 Å². The SMILES string of the molecule is C[C@H]1C[C@@H](C(=O)Nc2nncs2)CCN1. The van der Waals surface area contributed by atoms with Crippen LogP contribution in [0.2, 0.25) is 0 Å². The molecule has 1 fully saturated rings. The molecule has 2 atom stereocenters. The Bertz CT molecular complexity index is 327. The standard InChI is InChI=1S/C9H14N4OS/c1-6-4-7(2-3-10-6)8(14)12-9-13-11-5-15-9/h5-7,10H,2-4H2,1H3,(H,12,13,14)/t6-,7-/m0/s1. The topological polar surface area (TPSA) is 66.9 Å². The first-order valence-electron chi connectivity index (χ1n) is 5.06. The molecule has 1 saturated heterocycles. The van der Waals surface area contributed by atoms with Crippen LogP contribution in [0.4, 0.5) is 5.13 Å². The third-order valence-electron chi connectivity index (χ3n) is 2.58. The minimum atomic E-state index is 0.0695. The number of aromatic nitrogens is 2. The van der Waals surface area contributed by atoms with Crippen molar-refractivity contribution in [3.63, 3.8) is 0 Å². The van der Waals surface area contributed by atoms with Gasteiger partial charge < -0.3 is 10.6 Å². The van der Waals surface area contributed by atoms with Crippen molar-refractivity contribution in [2.45, 2.75) is 25.8 Å². The fraction of sp³-hybridized carbons (Fsp3) is 0.667. The van der Waals surface area contributed by atoms with Crippen LogP contribution in [-0.2, 0) is 4.79 Å². The van der Waals surface area contributed by atoms with Crippen molar-refractivity contribution in [3.05, 3.63) is 5.51 Å². The predicted molar refractivity (Wildman–Crippen MR) is 58.7 cm³/mol. The summed E-state index contributed by atoms with van der Waals surface area (Å²) in [6.45, 7) is 3.01. The zero-order valence-corrected chi connectivity index (χ0v) is 9.38. The number of carbonyl (C=O) groups excluding carboxylic acids is 1. The van der Waals surface area contributed by atoms with Gasteiger partial charge in [0.05, 0.1) is 0 Å². The number of hydrogen-bond donors (Lipinski definition) is 2. The maximum atomic E-state index is 11.8. The van der Waals surface area contributed by atoms with Gasteiger partial charge in [0.1, 0.15) is 5.51 Å². The Balaban J connectivity index is 1.90. The third kappa shape index (κ3) is 2.73. The number of hydrogen-bond acceptors (Lipinski definition) is 5. The molecule has 0 spiro atoms. The van der Waals surface area contributed by atoms with Gasteiger partial charge in [-0.15, -0.1) is 10.2 Å². The van der Waals surface area contributed by atoms with Gasteiger partial charge in [0.2, 0.25) is 11.0 Å². The Kier molecular flexibility index (Phi) is 3.27. The molecule has 5 nitrogen and oxygen atoms in total. The van der Waals surface area contributed by atoms with Crippen LogP contribution in [0.3, 0.4) is 0 Å². The van der Waals surface area contributed by atoms with Gasteiger partial charge in [-0.05, 0) is 26.3 Å². The number of rotatable bonds is 2. The van der Waals surface area contributed by atoms with E-state index in [1.807, 2.05) is 0 Å². The van der Waals surface area contributed by atoms with E-state index in [1.54, 1.807) is 5.51 Å². The molecule has 15 heavy (non-hydrogen) atoms. The zero-order chi connectivity index (χ0) is 10.7. The van der Waals surface area contributed by atoms with E-state index < -0.39 is 0 Å². The molecule has 0 unspecified atom stereocenters. The maximum Gasteiger partial charge on any atom is 0.229 e. The molecule has 2 rings (SSSR count). The number of anilines is 1. The molecule has 0 aliphatic carbocycles. The van der Waals surface area contributed by atoms with E-state index in [0.717, 1.165) is 19.4 Å². The normalized spacial score (nSPS) is 26.2. The molecule has 1 amide bonds. The molecule has 0 bridgehead atoms. The Hall–Kier alpha value is -1.01. The molecule has 1 aromatic rings. The van der Waals surface area contributed by atoms with Crippen LogP contribution < -0.4 is 10.6 Å². The Morgan fingerprint density at radius 3 is 3.27 bits per heavy atom. The van der Waals surface area contributed by atoms with Crippen LogP contribution >= 0.6 is 11.3 Å². The van der Waals surface area contributed by atoms with E-state index in [0.29, 0.717) is 11.2 Å². The highest BCUT2D eigenvalue weighted by molar-refractivity contribution is 7.13. The summed E-state index contributed by atoms with van der Waals surface area (Å²) >= 11 is 1.35. The summed E-state index contributed by atoms with van der Waals surface area (Å²) in [7, 11) is 0. The van der Waals surface area contributed by atoms with Crippen LogP contribution in [0.5, 0.6) is 0 Å². The average molecular weight is 226 g/mol. The quantitative estimate of drug-likeness (QED) is 0.785. The molecule has 6 heteroatoms. The van der Waals surface area contributed by atoms with Gasteiger partial charge in [-0.3, -0.25) is 4.79 Å². The van der Waals surface area contributed by atoms with E-state index in [4.69, 9.17) is 0 Å². The summed E-state index contributed by atoms with van der Waals surface area (Å²) in [5, 5.41) is 14.2. The monoisotopic (exact) mass is 226 g/mol. The zero-order valence-electron chi connectivity index (χ0n) is 8.56. The van der Waals surface area contributed by atoms with Gasteiger partial charge in [0.15, 0.2) is 0 Å². The summed E-state index contributed by atoms with van der Waals surface area (Å²) in [6, 6.07) is 0.420. The summed E-state index contributed by atoms with van der Waals surface area (Å²) < 4.78 is 0. The van der Waals surface area contributed by atoms with Crippen molar-refractivity contribution in [1.29, 1.82) is 0 Å². The highest BCUT2D eigenvalue weighted by Crippen LogP contribution is 2.18. The number of amides is 1. The fourth-order valence-corrected chi connectivity index (χ4v) is 2.25. The van der Waals surface area contributed by atoms with Gasteiger partial charge >= 0.3 is 0 Å². The average Bonchev–Trinajstić information content (AvgIpc) is 2.70. The lowest BCUT2D eigenvalue weighted by Gasteiger charge is -2.26. The van der Waals surface area contributed by atoms with Crippen LogP contribution in [0.1, 0.15) is 19.8 Å². The molecular formula is C9H14N4OS. The lowest BCUT2D eigenvalue weighted by Crippen LogP contribution is -2.40. The number of nitrogens with one attached hydrogen (secondary N) is 2. The van der Waals surface area contributed by atoms with E-state index >= 15 is 0 Å². The van der Waals surface area contributed by atoms with Crippen LogP contribution in [0.15, 0.2) is 5.51 Å². The first-order valence-corrected chi connectivity index (χ1v) is 5.94. The van der Waals surface area contributed by atoms with Gasteiger partial charge in [0, 0.05) is 12.0 Å². The third-order valence-corrected chi connectivity index (χ3v) is 3.19. The fourth-order valence-electron chi connectivity index (χ4n) is 1.81. The maximum absolute atomic E-state index is 11.8. The Morgan fingerprint density at radius 1 is 1.73 bits per heavy atom. The van der Waals surface area contributed by atoms with Crippen molar-refractivity contribution < 1.29 is 4.79 Å². The molecule has 0 saturated carbocycles. The number of carbonyl (C=O) groups is 1. The molecule has 2 N–H and O–H groups in total. The van der Waals surface area contributed by atoms with E-state index in [1.165, 1.54) is 11.3 Å². The second kappa shape index (κ2) is 4.67. The highest BCUT2D eigenvalue weighted by atomic mass is 32.1. The van der Waals surface area contributed by atoms with Crippen molar-refractivity contribution in [2.24, 2.45) is 5.92 Å². The van der Waals surface area contributed by atoms with Gasteiger partial charge in [-0.2, -0.15) is 0 Å². The highest BCUT2D eigenvalue weighted by Gasteiger charge is 2.25. The lowest BCUT2D eigenvalue weighted by molar-refractivity contribution is -0.120. The van der Waals surface area contributed by atoms with Gasteiger partial charge in [0.25, 0.3) is 0 Å². The molecular weight excluding hydrogens is 212 g/mol. The summed E-state index contributed by atoms with van der Waals surface area (Å²) in [5.41, 5.74) is 1.61. The van der Waals surface area contributed by atoms with E-state index in [9.17, 15) is 4.79 Å². The molecule has 2 heterocycles. The summed E-state index contributed by atoms with van der Waals surface area (Å²) in [4.78, 5) is 11.8. The van der Waals surface area contributed by atoms with E-state index in [-0.39, 0.29) is 11.8 Å². The molecule has 1 aromatic heterocycles. The van der Waals surface area contributed by atoms with Crippen molar-refractivity contribution in [2.75, 3.05) is 11.9 Å². The predicted octanol–water partition coefficient (Wildman–Crippen LogP) is 0.865. The van der Waals surface area contributed by atoms with Crippen molar-refractivity contribution in [1.82, 2.24) is 15.5 Å². The van der Waals surface area contributed by atoms with Crippen LogP contribution in [-0.4, -0.2) is 28.7 Å². The Morgan fingerprint density at radius 2 is 2.60 bits per heavy atom. The Labute approximate surface area is 92.3 Å². The second-order valence-corrected chi connectivity index (χ2v) is 4.64.